The minimum absolute atomic E-state index is 0.0425. The van der Waals surface area contributed by atoms with Gasteiger partial charge in [0.1, 0.15) is 12.6 Å². The van der Waals surface area contributed by atoms with Crippen LogP contribution in [-0.2, 0) is 26.2 Å². The van der Waals surface area contributed by atoms with E-state index in [2.05, 4.69) is 5.32 Å². The summed E-state index contributed by atoms with van der Waals surface area (Å²) in [6.07, 6.45) is 0. The second-order valence-corrected chi connectivity index (χ2v) is 10.6. The van der Waals surface area contributed by atoms with Gasteiger partial charge in [-0.3, -0.25) is 13.9 Å². The van der Waals surface area contributed by atoms with E-state index in [1.807, 2.05) is 37.3 Å². The molecule has 0 bridgehead atoms. The van der Waals surface area contributed by atoms with Crippen LogP contribution in [0.25, 0.3) is 0 Å². The Morgan fingerprint density at radius 1 is 0.972 bits per heavy atom. The van der Waals surface area contributed by atoms with Crippen molar-refractivity contribution in [2.75, 3.05) is 17.4 Å². The predicted octanol–water partition coefficient (Wildman–Crippen LogP) is 4.40. The zero-order valence-corrected chi connectivity index (χ0v) is 22.1. The third-order valence-electron chi connectivity index (χ3n) is 5.77. The van der Waals surface area contributed by atoms with Crippen molar-refractivity contribution in [2.24, 2.45) is 0 Å². The van der Waals surface area contributed by atoms with Crippen molar-refractivity contribution >= 4 is 39.1 Å². The second kappa shape index (κ2) is 12.1. The van der Waals surface area contributed by atoms with Gasteiger partial charge < -0.3 is 10.2 Å². The lowest BCUT2D eigenvalue weighted by Crippen LogP contribution is -2.51. The number of carbonyl (C=O) groups is 2. The molecule has 0 saturated heterocycles. The maximum atomic E-state index is 13.7. The molecule has 3 aromatic carbocycles. The zero-order chi connectivity index (χ0) is 26.3. The van der Waals surface area contributed by atoms with Gasteiger partial charge in [0, 0.05) is 18.1 Å². The van der Waals surface area contributed by atoms with Crippen molar-refractivity contribution in [3.8, 4) is 0 Å². The van der Waals surface area contributed by atoms with E-state index in [9.17, 15) is 18.0 Å². The summed E-state index contributed by atoms with van der Waals surface area (Å²) in [4.78, 5) is 27.8. The smallest absolute Gasteiger partial charge is 0.264 e. The number of rotatable bonds is 10. The number of amides is 2. The van der Waals surface area contributed by atoms with Crippen molar-refractivity contribution < 1.29 is 18.0 Å². The average molecular weight is 528 g/mol. The maximum absolute atomic E-state index is 13.7. The van der Waals surface area contributed by atoms with Crippen LogP contribution in [0.4, 0.5) is 5.69 Å². The molecule has 36 heavy (non-hydrogen) atoms. The summed E-state index contributed by atoms with van der Waals surface area (Å²) in [5.41, 5.74) is 1.85. The molecular formula is C27H30ClN3O4S. The van der Waals surface area contributed by atoms with Crippen LogP contribution in [0.15, 0.2) is 83.8 Å². The lowest BCUT2D eigenvalue weighted by molar-refractivity contribution is -0.139. The van der Waals surface area contributed by atoms with Gasteiger partial charge in [-0.2, -0.15) is 0 Å². The molecule has 0 unspecified atom stereocenters. The van der Waals surface area contributed by atoms with Gasteiger partial charge in [-0.15, -0.1) is 0 Å². The SMILES string of the molecule is CCNC(=O)[C@@H](C)N(Cc1ccccc1)C(=O)CN(c1ccc(C)c(Cl)c1)S(=O)(=O)c1ccccc1. The molecule has 0 fully saturated rings. The van der Waals surface area contributed by atoms with Gasteiger partial charge in [0.15, 0.2) is 0 Å². The fraction of sp³-hybridized carbons (Fsp3) is 0.259. The van der Waals surface area contributed by atoms with Crippen LogP contribution in [0.5, 0.6) is 0 Å². The van der Waals surface area contributed by atoms with Gasteiger partial charge in [-0.25, -0.2) is 8.42 Å². The highest BCUT2D eigenvalue weighted by Gasteiger charge is 2.32. The zero-order valence-electron chi connectivity index (χ0n) is 20.5. The molecule has 1 N–H and O–H groups in total. The van der Waals surface area contributed by atoms with Crippen LogP contribution in [0.3, 0.4) is 0 Å². The quantitative estimate of drug-likeness (QED) is 0.423. The number of aryl methyl sites for hydroxylation is 1. The van der Waals surface area contributed by atoms with E-state index in [4.69, 9.17) is 11.6 Å². The first kappa shape index (κ1) is 27.2. The van der Waals surface area contributed by atoms with Gasteiger partial charge >= 0.3 is 0 Å². The van der Waals surface area contributed by atoms with E-state index in [-0.39, 0.29) is 23.0 Å². The summed E-state index contributed by atoms with van der Waals surface area (Å²) in [5.74, 6) is -0.841. The van der Waals surface area contributed by atoms with Gasteiger partial charge in [0.25, 0.3) is 10.0 Å². The van der Waals surface area contributed by atoms with E-state index in [0.717, 1.165) is 15.4 Å². The van der Waals surface area contributed by atoms with E-state index in [1.54, 1.807) is 44.2 Å². The minimum atomic E-state index is -4.11. The Bertz CT molecular complexity index is 1300. The van der Waals surface area contributed by atoms with E-state index < -0.39 is 28.5 Å². The Balaban J connectivity index is 2.03. The number of benzene rings is 3. The first-order valence-corrected chi connectivity index (χ1v) is 13.4. The summed E-state index contributed by atoms with van der Waals surface area (Å²) >= 11 is 6.32. The van der Waals surface area contributed by atoms with Crippen molar-refractivity contribution in [2.45, 2.75) is 38.3 Å². The Morgan fingerprint density at radius 2 is 1.58 bits per heavy atom. The van der Waals surface area contributed by atoms with E-state index >= 15 is 0 Å². The first-order valence-electron chi connectivity index (χ1n) is 11.6. The molecule has 190 valence electrons. The van der Waals surface area contributed by atoms with Crippen LogP contribution in [0, 0.1) is 6.92 Å². The summed E-state index contributed by atoms with van der Waals surface area (Å²) in [6.45, 7) is 5.28. The highest BCUT2D eigenvalue weighted by atomic mass is 35.5. The maximum Gasteiger partial charge on any atom is 0.264 e. The minimum Gasteiger partial charge on any atom is -0.355 e. The summed E-state index contributed by atoms with van der Waals surface area (Å²) < 4.78 is 28.4. The van der Waals surface area contributed by atoms with Crippen LogP contribution in [-0.4, -0.2) is 44.3 Å². The molecule has 0 spiro atoms. The fourth-order valence-electron chi connectivity index (χ4n) is 3.67. The predicted molar refractivity (Wildman–Crippen MR) is 142 cm³/mol. The number of halogens is 1. The molecule has 0 aromatic heterocycles. The third-order valence-corrected chi connectivity index (χ3v) is 7.96. The molecule has 0 saturated carbocycles. The van der Waals surface area contributed by atoms with Gasteiger partial charge in [0.2, 0.25) is 11.8 Å². The number of carbonyl (C=O) groups excluding carboxylic acids is 2. The monoisotopic (exact) mass is 527 g/mol. The van der Waals surface area contributed by atoms with Gasteiger partial charge in [0.05, 0.1) is 10.6 Å². The highest BCUT2D eigenvalue weighted by molar-refractivity contribution is 7.92. The summed E-state index contributed by atoms with van der Waals surface area (Å²) in [5, 5.41) is 3.12. The summed E-state index contributed by atoms with van der Waals surface area (Å²) in [7, 11) is -4.11. The van der Waals surface area contributed by atoms with Crippen molar-refractivity contribution in [3.05, 3.63) is 95.0 Å². The molecule has 9 heteroatoms. The number of hydrogen-bond donors (Lipinski definition) is 1. The molecule has 0 aliphatic carbocycles. The number of sulfonamides is 1. The molecule has 0 aliphatic rings. The average Bonchev–Trinajstić information content (AvgIpc) is 2.88. The van der Waals surface area contributed by atoms with Gasteiger partial charge in [-0.1, -0.05) is 66.2 Å². The standard InChI is InChI=1S/C27H30ClN3O4S/c1-4-29-27(33)21(3)30(18-22-11-7-5-8-12-22)26(32)19-31(23-16-15-20(2)25(28)17-23)36(34,35)24-13-9-6-10-14-24/h5-17,21H,4,18-19H2,1-3H3,(H,29,33)/t21-/m1/s1. The Hall–Kier alpha value is -3.36. The summed E-state index contributed by atoms with van der Waals surface area (Å²) in [6, 6.07) is 21.2. The second-order valence-electron chi connectivity index (χ2n) is 8.34. The van der Waals surface area contributed by atoms with E-state index in [0.29, 0.717) is 11.6 Å². The molecule has 0 heterocycles. The number of hydrogen-bond acceptors (Lipinski definition) is 4. The normalized spacial score (nSPS) is 12.0. The number of likely N-dealkylation sites (N-methyl/N-ethyl adjacent to an activating group) is 1. The molecular weight excluding hydrogens is 498 g/mol. The molecule has 3 rings (SSSR count). The number of nitrogens with zero attached hydrogens (tertiary/aromatic N) is 2. The van der Waals surface area contributed by atoms with Crippen molar-refractivity contribution in [3.63, 3.8) is 0 Å². The lowest BCUT2D eigenvalue weighted by atomic mass is 10.1. The molecule has 2 amide bonds. The van der Waals surface area contributed by atoms with Crippen molar-refractivity contribution in [1.82, 2.24) is 10.2 Å². The largest absolute Gasteiger partial charge is 0.355 e. The Kier molecular flexibility index (Phi) is 9.12. The fourth-order valence-corrected chi connectivity index (χ4v) is 5.27. The van der Waals surface area contributed by atoms with E-state index in [1.165, 1.54) is 23.1 Å². The van der Waals surface area contributed by atoms with Crippen LogP contribution < -0.4 is 9.62 Å². The Morgan fingerprint density at radius 3 is 2.17 bits per heavy atom. The number of nitrogens with one attached hydrogen (secondary N) is 1. The van der Waals surface area contributed by atoms with Crippen molar-refractivity contribution in [1.29, 1.82) is 0 Å². The topological polar surface area (TPSA) is 86.8 Å². The molecule has 3 aromatic rings. The van der Waals surface area contributed by atoms with Crippen LogP contribution >= 0.6 is 11.6 Å². The molecule has 0 radical (unpaired) electrons. The molecule has 0 aliphatic heterocycles. The number of anilines is 1. The molecule has 7 nitrogen and oxygen atoms in total. The third kappa shape index (κ3) is 6.44. The molecule has 1 atom stereocenters. The highest BCUT2D eigenvalue weighted by Crippen LogP contribution is 2.28. The van der Waals surface area contributed by atoms with Crippen LogP contribution in [0.2, 0.25) is 5.02 Å². The Labute approximate surface area is 217 Å². The van der Waals surface area contributed by atoms with Gasteiger partial charge in [-0.05, 0) is 56.2 Å². The lowest BCUT2D eigenvalue weighted by Gasteiger charge is -2.32. The first-order chi connectivity index (χ1) is 17.1. The van der Waals surface area contributed by atoms with Crippen LogP contribution in [0.1, 0.15) is 25.0 Å².